The summed E-state index contributed by atoms with van der Waals surface area (Å²) in [7, 11) is 0. The zero-order chi connectivity index (χ0) is 36.2. The molecule has 14 nitrogen and oxygen atoms in total. The summed E-state index contributed by atoms with van der Waals surface area (Å²) in [5.41, 5.74) is 10.5. The van der Waals surface area contributed by atoms with Crippen LogP contribution in [0.25, 0.3) is 0 Å². The third-order valence-electron chi connectivity index (χ3n) is 9.95. The third-order valence-corrected chi connectivity index (χ3v) is 9.95. The number of aromatic nitrogens is 7. The van der Waals surface area contributed by atoms with Gasteiger partial charge in [-0.15, -0.1) is 0 Å². The van der Waals surface area contributed by atoms with Crippen molar-refractivity contribution in [3.05, 3.63) is 107 Å². The van der Waals surface area contributed by atoms with E-state index in [0.29, 0.717) is 24.5 Å². The molecule has 2 saturated heterocycles. The van der Waals surface area contributed by atoms with Crippen molar-refractivity contribution in [3.63, 3.8) is 0 Å². The average Bonchev–Trinajstić information content (AvgIpc) is 3.99. The SMILES string of the molecule is C[C@H]1CCN(c2ccc(Cn3cc(C(=O)N[C@@H]4CCc5nc(N)ccc54)cn3)cn2)C1.C[C@H]1CCN(c2ccc(Cn3cc(C(=O)[O-])cn3)cn2)C1.[Li+]. The molecule has 0 saturated carbocycles. The number of amides is 1. The van der Waals surface area contributed by atoms with E-state index in [0.717, 1.165) is 84.9 Å². The number of aromatic carboxylic acids is 1. The first-order valence-corrected chi connectivity index (χ1v) is 17.9. The zero-order valence-electron chi connectivity index (χ0n) is 30.6. The molecule has 7 heterocycles. The summed E-state index contributed by atoms with van der Waals surface area (Å²) < 4.78 is 3.34. The van der Waals surface area contributed by atoms with Gasteiger partial charge in [-0.3, -0.25) is 14.2 Å². The van der Waals surface area contributed by atoms with Gasteiger partial charge in [-0.2, -0.15) is 10.2 Å². The van der Waals surface area contributed by atoms with Gasteiger partial charge in [0.1, 0.15) is 17.5 Å². The Kier molecular flexibility index (Phi) is 11.8. The monoisotopic (exact) mass is 709 g/mol. The van der Waals surface area contributed by atoms with Crippen molar-refractivity contribution in [1.29, 1.82) is 0 Å². The second kappa shape index (κ2) is 16.6. The minimum Gasteiger partial charge on any atom is -0.545 e. The Labute approximate surface area is 321 Å². The van der Waals surface area contributed by atoms with E-state index in [1.54, 1.807) is 27.8 Å². The van der Waals surface area contributed by atoms with Crippen molar-refractivity contribution in [3.8, 4) is 0 Å². The molecule has 8 rings (SSSR count). The topological polar surface area (TPSA) is 176 Å². The van der Waals surface area contributed by atoms with Gasteiger partial charge in [-0.25, -0.2) is 15.0 Å². The molecule has 2 fully saturated rings. The van der Waals surface area contributed by atoms with Crippen molar-refractivity contribution in [2.75, 3.05) is 41.7 Å². The summed E-state index contributed by atoms with van der Waals surface area (Å²) in [5.74, 6) is 2.65. The van der Waals surface area contributed by atoms with Crippen LogP contribution in [0.4, 0.5) is 17.5 Å². The quantitative estimate of drug-likeness (QED) is 0.199. The van der Waals surface area contributed by atoms with Crippen LogP contribution in [-0.2, 0) is 19.5 Å². The standard InChI is InChI=1S/C23H27N7O.C15H18N4O2.Li/c1-15-8-9-29(12-15)22-7-2-16(10-25-22)13-30-14-17(11-26-30)23(31)28-20-5-4-19-18(20)3-6-21(24)27-19;1-11-4-5-18(8-11)14-3-2-12(6-16-14)9-19-10-13(7-17-19)15(20)21;/h2-3,6-7,10-11,14-15,20H,4-5,8-9,12-13H2,1H3,(H2,24,27)(H,28,31);2-3,6-7,10-11H,4-5,8-9H2,1H3,(H,20,21);/q;;+1/p-1/t15-,20+;11-;/m00./s1. The molecule has 3 N–H and O–H groups in total. The van der Waals surface area contributed by atoms with Crippen LogP contribution in [0.2, 0.25) is 0 Å². The van der Waals surface area contributed by atoms with Crippen LogP contribution in [0.15, 0.2) is 73.6 Å². The summed E-state index contributed by atoms with van der Waals surface area (Å²) in [4.78, 5) is 41.5. The Morgan fingerprint density at radius 1 is 0.792 bits per heavy atom. The number of carbonyl (C=O) groups excluding carboxylic acids is 2. The van der Waals surface area contributed by atoms with Gasteiger partial charge in [0.2, 0.25) is 0 Å². The molecule has 0 spiro atoms. The molecule has 15 heteroatoms. The average molecular weight is 710 g/mol. The van der Waals surface area contributed by atoms with E-state index in [4.69, 9.17) is 5.73 Å². The minimum absolute atomic E-state index is 0. The molecule has 0 unspecified atom stereocenters. The van der Waals surface area contributed by atoms with Gasteiger partial charge in [0.05, 0.1) is 43.1 Å². The zero-order valence-corrected chi connectivity index (χ0v) is 30.6. The molecule has 5 aromatic heterocycles. The molecule has 53 heavy (non-hydrogen) atoms. The maximum Gasteiger partial charge on any atom is 1.00 e. The van der Waals surface area contributed by atoms with Crippen molar-refractivity contribution in [2.45, 2.75) is 58.7 Å². The number of carboxylic acids is 1. The van der Waals surface area contributed by atoms with Gasteiger partial charge in [-0.05, 0) is 72.4 Å². The smallest absolute Gasteiger partial charge is 0.545 e. The molecule has 1 aliphatic carbocycles. The Bertz CT molecular complexity index is 2010. The number of carboxylic acid groups (broad SMARTS) is 1. The predicted molar refractivity (Wildman–Crippen MR) is 195 cm³/mol. The summed E-state index contributed by atoms with van der Waals surface area (Å²) in [6.45, 7) is 9.85. The number of nitrogens with zero attached hydrogens (tertiary/aromatic N) is 9. The Hall–Kier alpha value is -5.19. The van der Waals surface area contributed by atoms with Crippen LogP contribution in [-0.4, -0.2) is 72.6 Å². The number of fused-ring (bicyclic) bond motifs is 1. The molecule has 0 bridgehead atoms. The molecule has 5 aromatic rings. The van der Waals surface area contributed by atoms with Gasteiger partial charge in [0.25, 0.3) is 5.91 Å². The number of nitrogens with two attached hydrogens (primary N) is 1. The van der Waals surface area contributed by atoms with Crippen molar-refractivity contribution in [1.82, 2.24) is 39.8 Å². The second-order valence-electron chi connectivity index (χ2n) is 14.2. The minimum atomic E-state index is -1.21. The van der Waals surface area contributed by atoms with Crippen molar-refractivity contribution >= 4 is 29.3 Å². The number of anilines is 3. The van der Waals surface area contributed by atoms with E-state index in [1.807, 2.05) is 30.6 Å². The third kappa shape index (κ3) is 9.25. The summed E-state index contributed by atoms with van der Waals surface area (Å²) in [5, 5.41) is 22.2. The van der Waals surface area contributed by atoms with Crippen molar-refractivity contribution in [2.24, 2.45) is 11.8 Å². The largest absolute Gasteiger partial charge is 1.00 e. The van der Waals surface area contributed by atoms with Gasteiger partial charge in [0.15, 0.2) is 0 Å². The Morgan fingerprint density at radius 3 is 1.85 bits per heavy atom. The van der Waals surface area contributed by atoms with Crippen LogP contribution < -0.4 is 44.8 Å². The van der Waals surface area contributed by atoms with E-state index < -0.39 is 5.97 Å². The van der Waals surface area contributed by atoms with Crippen LogP contribution >= 0.6 is 0 Å². The number of aryl methyl sites for hydroxylation is 1. The number of hydrogen-bond acceptors (Lipinski definition) is 11. The van der Waals surface area contributed by atoms with Gasteiger partial charge < -0.3 is 30.8 Å². The number of rotatable bonds is 9. The summed E-state index contributed by atoms with van der Waals surface area (Å²) >= 11 is 0. The van der Waals surface area contributed by atoms with Crippen LogP contribution in [0.5, 0.6) is 0 Å². The first-order chi connectivity index (χ1) is 25.2. The number of carbonyl (C=O) groups is 2. The molecular weight excluding hydrogens is 665 g/mol. The number of pyridine rings is 3. The van der Waals surface area contributed by atoms with Gasteiger partial charge in [-0.1, -0.05) is 32.0 Å². The van der Waals surface area contributed by atoms with Crippen LogP contribution in [0.1, 0.15) is 82.3 Å². The fourth-order valence-electron chi connectivity index (χ4n) is 7.05. The fourth-order valence-corrected chi connectivity index (χ4v) is 7.05. The Morgan fingerprint density at radius 2 is 1.36 bits per heavy atom. The van der Waals surface area contributed by atoms with Crippen molar-refractivity contribution < 1.29 is 33.6 Å². The molecule has 3 aliphatic rings. The van der Waals surface area contributed by atoms with E-state index in [9.17, 15) is 14.7 Å². The van der Waals surface area contributed by atoms with E-state index in [-0.39, 0.29) is 36.4 Å². The molecule has 2 aliphatic heterocycles. The molecular formula is C38H44LiN11O3. The molecule has 270 valence electrons. The summed E-state index contributed by atoms with van der Waals surface area (Å²) in [6.07, 6.45) is 14.0. The maximum absolute atomic E-state index is 12.7. The molecule has 0 aromatic carbocycles. The van der Waals surface area contributed by atoms with Gasteiger partial charge >= 0.3 is 18.9 Å². The van der Waals surface area contributed by atoms with E-state index >= 15 is 0 Å². The molecule has 1 amide bonds. The number of nitrogens with one attached hydrogen (secondary N) is 1. The first kappa shape index (κ1) is 37.6. The predicted octanol–water partition coefficient (Wildman–Crippen LogP) is 0.107. The van der Waals surface area contributed by atoms with Crippen LogP contribution in [0.3, 0.4) is 0 Å². The maximum atomic E-state index is 12.7. The number of hydrogen-bond donors (Lipinski definition) is 2. The summed E-state index contributed by atoms with van der Waals surface area (Å²) in [6, 6.07) is 11.9. The van der Waals surface area contributed by atoms with Crippen LogP contribution in [0, 0.1) is 11.8 Å². The Balaban J connectivity index is 0.000000191. The van der Waals surface area contributed by atoms with Gasteiger partial charge in [0, 0.05) is 62.2 Å². The molecule has 0 radical (unpaired) electrons. The fraction of sp³-hybridized carbons (Fsp3) is 0.395. The second-order valence-corrected chi connectivity index (χ2v) is 14.2. The normalized spacial score (nSPS) is 18.9. The first-order valence-electron chi connectivity index (χ1n) is 17.9. The number of nitrogen functional groups attached to an aromatic ring is 1. The van der Waals surface area contributed by atoms with E-state index in [2.05, 4.69) is 66.2 Å². The molecule has 3 atom stereocenters. The van der Waals surface area contributed by atoms with E-state index in [1.165, 1.54) is 25.2 Å².